The predicted molar refractivity (Wildman–Crippen MR) is 118 cm³/mol. The molecular formula is C25H20N2O4. The minimum atomic E-state index is -0.401. The molecule has 0 radical (unpaired) electrons. The van der Waals surface area contributed by atoms with Gasteiger partial charge < -0.3 is 14.8 Å². The number of rotatable bonds is 4. The van der Waals surface area contributed by atoms with Gasteiger partial charge in [-0.1, -0.05) is 47.5 Å². The molecule has 3 aromatic carbocycles. The first-order valence-electron chi connectivity index (χ1n) is 9.95. The molecule has 0 aliphatic carbocycles. The van der Waals surface area contributed by atoms with Crippen molar-refractivity contribution in [3.05, 3.63) is 89.1 Å². The normalized spacial score (nSPS) is 15.1. The van der Waals surface area contributed by atoms with Crippen molar-refractivity contribution in [2.75, 3.05) is 17.0 Å². The fourth-order valence-electron chi connectivity index (χ4n) is 3.68. The minimum Gasteiger partial charge on any atom is -0.454 e. The van der Waals surface area contributed by atoms with E-state index in [9.17, 15) is 9.59 Å². The van der Waals surface area contributed by atoms with Crippen molar-refractivity contribution in [1.29, 1.82) is 0 Å². The third-order valence-corrected chi connectivity index (χ3v) is 5.36. The summed E-state index contributed by atoms with van der Waals surface area (Å²) in [5, 5.41) is 3.16. The number of anilines is 2. The highest BCUT2D eigenvalue weighted by atomic mass is 16.7. The van der Waals surface area contributed by atoms with Gasteiger partial charge in [0.2, 0.25) is 6.79 Å². The number of nitrogens with zero attached hydrogens (tertiary/aromatic N) is 1. The quantitative estimate of drug-likeness (QED) is 0.642. The molecule has 2 aliphatic heterocycles. The van der Waals surface area contributed by atoms with Crippen LogP contribution in [0.25, 0.3) is 5.57 Å². The van der Waals surface area contributed by atoms with Gasteiger partial charge >= 0.3 is 0 Å². The largest absolute Gasteiger partial charge is 0.454 e. The number of nitrogens with one attached hydrogen (secondary N) is 1. The van der Waals surface area contributed by atoms with E-state index in [1.165, 1.54) is 4.90 Å². The van der Waals surface area contributed by atoms with E-state index in [4.69, 9.17) is 9.47 Å². The van der Waals surface area contributed by atoms with Gasteiger partial charge in [0.1, 0.15) is 5.70 Å². The molecule has 31 heavy (non-hydrogen) atoms. The lowest BCUT2D eigenvalue weighted by molar-refractivity contribution is -0.120. The fourth-order valence-corrected chi connectivity index (χ4v) is 3.68. The van der Waals surface area contributed by atoms with Gasteiger partial charge in [-0.15, -0.1) is 0 Å². The standard InChI is InChI=1S/C25H20N2O4/c1-15-3-7-17(8-4-15)22-23(26-18-9-12-20-21(13-18)31-14-30-20)25(29)27(24(22)28)19-10-5-16(2)6-11-19/h3-13,26H,14H2,1-2H3. The van der Waals surface area contributed by atoms with Crippen LogP contribution in [0.3, 0.4) is 0 Å². The lowest BCUT2D eigenvalue weighted by Gasteiger charge is -2.15. The van der Waals surface area contributed by atoms with Crippen molar-refractivity contribution < 1.29 is 19.1 Å². The van der Waals surface area contributed by atoms with E-state index in [0.717, 1.165) is 11.1 Å². The molecule has 0 aromatic heterocycles. The Kier molecular flexibility index (Phi) is 4.47. The summed E-state index contributed by atoms with van der Waals surface area (Å²) in [6.07, 6.45) is 0. The molecule has 0 unspecified atom stereocenters. The van der Waals surface area contributed by atoms with E-state index in [-0.39, 0.29) is 18.4 Å². The second kappa shape index (κ2) is 7.32. The molecule has 3 aromatic rings. The molecule has 0 atom stereocenters. The molecule has 5 rings (SSSR count). The molecule has 2 aliphatic rings. The van der Waals surface area contributed by atoms with Crippen molar-refractivity contribution in [2.24, 2.45) is 0 Å². The van der Waals surface area contributed by atoms with Gasteiger partial charge in [-0.05, 0) is 43.7 Å². The van der Waals surface area contributed by atoms with Crippen molar-refractivity contribution in [2.45, 2.75) is 13.8 Å². The van der Waals surface area contributed by atoms with Gasteiger partial charge in [-0.3, -0.25) is 9.59 Å². The summed E-state index contributed by atoms with van der Waals surface area (Å²) in [5.74, 6) is 0.478. The third-order valence-electron chi connectivity index (χ3n) is 5.36. The fraction of sp³-hybridized carbons (Fsp3) is 0.120. The zero-order valence-electron chi connectivity index (χ0n) is 17.1. The maximum Gasteiger partial charge on any atom is 0.282 e. The van der Waals surface area contributed by atoms with Crippen LogP contribution in [0.5, 0.6) is 11.5 Å². The van der Waals surface area contributed by atoms with Crippen LogP contribution in [-0.4, -0.2) is 18.6 Å². The SMILES string of the molecule is Cc1ccc(C2=C(Nc3ccc4c(c3)OCO4)C(=O)N(c3ccc(C)cc3)C2=O)cc1. The minimum absolute atomic E-state index is 0.161. The predicted octanol–water partition coefficient (Wildman–Crippen LogP) is 4.43. The molecule has 0 saturated heterocycles. The Bertz CT molecular complexity index is 1230. The van der Waals surface area contributed by atoms with Gasteiger partial charge in [-0.2, -0.15) is 0 Å². The van der Waals surface area contributed by atoms with Crippen LogP contribution in [0, 0.1) is 13.8 Å². The smallest absolute Gasteiger partial charge is 0.282 e. The lowest BCUT2D eigenvalue weighted by atomic mass is 10.0. The van der Waals surface area contributed by atoms with Gasteiger partial charge in [0.25, 0.3) is 11.8 Å². The summed E-state index contributed by atoms with van der Waals surface area (Å²) >= 11 is 0. The van der Waals surface area contributed by atoms with Gasteiger partial charge in [0.05, 0.1) is 11.3 Å². The number of carbonyl (C=O) groups excluding carboxylic acids is 2. The van der Waals surface area contributed by atoms with E-state index >= 15 is 0 Å². The van der Waals surface area contributed by atoms with Crippen LogP contribution in [-0.2, 0) is 9.59 Å². The van der Waals surface area contributed by atoms with Crippen LogP contribution in [0.2, 0.25) is 0 Å². The Labute approximate surface area is 179 Å². The highest BCUT2D eigenvalue weighted by Crippen LogP contribution is 2.37. The Balaban J connectivity index is 1.59. The third kappa shape index (κ3) is 3.32. The number of carbonyl (C=O) groups is 2. The molecule has 6 nitrogen and oxygen atoms in total. The van der Waals surface area contributed by atoms with Crippen LogP contribution in [0.4, 0.5) is 11.4 Å². The molecule has 2 heterocycles. The van der Waals surface area contributed by atoms with Crippen molar-refractivity contribution in [1.82, 2.24) is 0 Å². The summed E-state index contributed by atoms with van der Waals surface area (Å²) in [6.45, 7) is 4.10. The highest BCUT2D eigenvalue weighted by Gasteiger charge is 2.40. The number of benzene rings is 3. The molecule has 2 amide bonds. The maximum atomic E-state index is 13.4. The van der Waals surface area contributed by atoms with E-state index in [1.807, 2.05) is 50.2 Å². The lowest BCUT2D eigenvalue weighted by Crippen LogP contribution is -2.32. The average Bonchev–Trinajstić information content (AvgIpc) is 3.32. The van der Waals surface area contributed by atoms with Crippen LogP contribution in [0.15, 0.2) is 72.4 Å². The van der Waals surface area contributed by atoms with Crippen molar-refractivity contribution in [3.63, 3.8) is 0 Å². The number of fused-ring (bicyclic) bond motifs is 1. The van der Waals surface area contributed by atoms with Crippen molar-refractivity contribution in [3.8, 4) is 11.5 Å². The molecule has 0 bridgehead atoms. The number of amides is 2. The summed E-state index contributed by atoms with van der Waals surface area (Å²) in [4.78, 5) is 28.1. The monoisotopic (exact) mass is 412 g/mol. The topological polar surface area (TPSA) is 67.9 Å². The molecule has 0 spiro atoms. The first-order valence-corrected chi connectivity index (χ1v) is 9.95. The molecule has 0 saturated carbocycles. The van der Waals surface area contributed by atoms with Gasteiger partial charge in [-0.25, -0.2) is 4.90 Å². The number of ether oxygens (including phenoxy) is 2. The summed E-state index contributed by atoms with van der Waals surface area (Å²) < 4.78 is 10.8. The van der Waals surface area contributed by atoms with E-state index in [0.29, 0.717) is 34.0 Å². The van der Waals surface area contributed by atoms with E-state index < -0.39 is 5.91 Å². The number of aryl methyl sites for hydroxylation is 2. The molecule has 154 valence electrons. The number of hydrogen-bond acceptors (Lipinski definition) is 5. The van der Waals surface area contributed by atoms with Gasteiger partial charge in [0.15, 0.2) is 11.5 Å². The van der Waals surface area contributed by atoms with Crippen LogP contribution >= 0.6 is 0 Å². The number of imide groups is 1. The van der Waals surface area contributed by atoms with E-state index in [2.05, 4.69) is 5.32 Å². The maximum absolute atomic E-state index is 13.4. The first kappa shape index (κ1) is 18.9. The zero-order valence-corrected chi connectivity index (χ0v) is 17.1. The first-order chi connectivity index (χ1) is 15.0. The molecule has 1 N–H and O–H groups in total. The van der Waals surface area contributed by atoms with Crippen LogP contribution in [0.1, 0.15) is 16.7 Å². The average molecular weight is 412 g/mol. The highest BCUT2D eigenvalue weighted by molar-refractivity contribution is 6.46. The summed E-state index contributed by atoms with van der Waals surface area (Å²) in [5.41, 5.74) is 4.54. The van der Waals surface area contributed by atoms with Crippen molar-refractivity contribution >= 4 is 28.8 Å². The Hall–Kier alpha value is -4.06. The molecule has 6 heteroatoms. The summed E-state index contributed by atoms with van der Waals surface area (Å²) in [7, 11) is 0. The molecule has 0 fully saturated rings. The summed E-state index contributed by atoms with van der Waals surface area (Å²) in [6, 6.07) is 20.2. The van der Waals surface area contributed by atoms with Crippen LogP contribution < -0.4 is 19.7 Å². The Morgan fingerprint density at radius 2 is 1.42 bits per heavy atom. The van der Waals surface area contributed by atoms with E-state index in [1.54, 1.807) is 30.3 Å². The Morgan fingerprint density at radius 3 is 2.13 bits per heavy atom. The van der Waals surface area contributed by atoms with Gasteiger partial charge in [0, 0.05) is 11.8 Å². The Morgan fingerprint density at radius 1 is 0.774 bits per heavy atom. The second-order valence-electron chi connectivity index (χ2n) is 7.59. The zero-order chi connectivity index (χ0) is 21.5. The molecular weight excluding hydrogens is 392 g/mol. The number of hydrogen-bond donors (Lipinski definition) is 1. The second-order valence-corrected chi connectivity index (χ2v) is 7.59.